The number of piperazine rings is 1. The molecule has 32 heavy (non-hydrogen) atoms. The second kappa shape index (κ2) is 12.5. The highest BCUT2D eigenvalue weighted by Crippen LogP contribution is 2.26. The molecule has 2 atom stereocenters. The molecule has 0 radical (unpaired) electrons. The van der Waals surface area contributed by atoms with Crippen LogP contribution in [0.1, 0.15) is 0 Å². The van der Waals surface area contributed by atoms with Crippen LogP contribution in [0.2, 0.25) is 0 Å². The summed E-state index contributed by atoms with van der Waals surface area (Å²) in [4.78, 5) is 4.43. The van der Waals surface area contributed by atoms with E-state index in [2.05, 4.69) is 9.80 Å². The molecular weight excluding hydrogens is 412 g/mol. The number of aliphatic hydroxyl groups excluding tert-OH is 2. The van der Waals surface area contributed by atoms with Gasteiger partial charge in [-0.15, -0.1) is 0 Å². The zero-order valence-electron chi connectivity index (χ0n) is 18.9. The number of β-amino-alcohol motifs (C(OH)–C–C–N with tert-alkyl or cyclic N) is 2. The van der Waals surface area contributed by atoms with Gasteiger partial charge in [0.15, 0.2) is 23.0 Å². The molecule has 0 amide bonds. The van der Waals surface area contributed by atoms with Gasteiger partial charge in [-0.1, -0.05) is 24.3 Å². The molecule has 0 aliphatic carbocycles. The molecule has 1 saturated heterocycles. The number of aliphatic hydroxyl groups is 2. The Labute approximate surface area is 189 Å². The smallest absolute Gasteiger partial charge is 0.161 e. The second-order valence-corrected chi connectivity index (χ2v) is 7.83. The average Bonchev–Trinajstić information content (AvgIpc) is 2.83. The van der Waals surface area contributed by atoms with Gasteiger partial charge < -0.3 is 29.2 Å². The summed E-state index contributed by atoms with van der Waals surface area (Å²) < 4.78 is 22.0. The van der Waals surface area contributed by atoms with Gasteiger partial charge >= 0.3 is 0 Å². The van der Waals surface area contributed by atoms with E-state index in [0.29, 0.717) is 36.1 Å². The first-order valence-electron chi connectivity index (χ1n) is 10.9. The number of nitrogens with zero attached hydrogens (tertiary/aromatic N) is 2. The van der Waals surface area contributed by atoms with E-state index in [1.54, 1.807) is 14.2 Å². The van der Waals surface area contributed by atoms with Crippen molar-refractivity contribution < 1.29 is 29.2 Å². The summed E-state index contributed by atoms with van der Waals surface area (Å²) in [5, 5.41) is 20.7. The molecule has 1 aliphatic rings. The van der Waals surface area contributed by atoms with E-state index in [1.165, 1.54) is 0 Å². The molecule has 0 saturated carbocycles. The zero-order chi connectivity index (χ0) is 22.8. The lowest BCUT2D eigenvalue weighted by molar-refractivity contribution is 0.0236. The first kappa shape index (κ1) is 24.1. The number of para-hydroxylation sites is 4. The largest absolute Gasteiger partial charge is 0.493 e. The van der Waals surface area contributed by atoms with Crippen LogP contribution < -0.4 is 18.9 Å². The molecule has 2 aromatic carbocycles. The molecule has 2 unspecified atom stereocenters. The van der Waals surface area contributed by atoms with Crippen LogP contribution in [0.4, 0.5) is 0 Å². The molecule has 0 bridgehead atoms. The minimum Gasteiger partial charge on any atom is -0.493 e. The second-order valence-electron chi connectivity index (χ2n) is 7.83. The minimum absolute atomic E-state index is 0.208. The molecule has 1 fully saturated rings. The van der Waals surface area contributed by atoms with Gasteiger partial charge in [0.25, 0.3) is 0 Å². The Morgan fingerprint density at radius 2 is 1.00 bits per heavy atom. The molecule has 2 aromatic rings. The van der Waals surface area contributed by atoms with Gasteiger partial charge in [-0.05, 0) is 24.3 Å². The van der Waals surface area contributed by atoms with Crippen LogP contribution in [-0.4, -0.2) is 98.9 Å². The molecule has 8 heteroatoms. The molecule has 0 aromatic heterocycles. The van der Waals surface area contributed by atoms with Gasteiger partial charge in [0.05, 0.1) is 14.2 Å². The first-order valence-corrected chi connectivity index (χ1v) is 10.9. The maximum atomic E-state index is 10.4. The van der Waals surface area contributed by atoms with E-state index in [1.807, 2.05) is 48.5 Å². The van der Waals surface area contributed by atoms with E-state index >= 15 is 0 Å². The Morgan fingerprint density at radius 3 is 1.34 bits per heavy atom. The third-order valence-corrected chi connectivity index (χ3v) is 5.40. The van der Waals surface area contributed by atoms with Crippen LogP contribution in [0.5, 0.6) is 23.0 Å². The topological polar surface area (TPSA) is 83.9 Å². The van der Waals surface area contributed by atoms with Crippen LogP contribution in [0, 0.1) is 0 Å². The first-order chi connectivity index (χ1) is 15.6. The molecule has 3 rings (SSSR count). The summed E-state index contributed by atoms with van der Waals surface area (Å²) in [6.07, 6.45) is -1.18. The Hall–Kier alpha value is -2.52. The van der Waals surface area contributed by atoms with E-state index in [0.717, 1.165) is 26.2 Å². The van der Waals surface area contributed by atoms with Crippen molar-refractivity contribution in [3.63, 3.8) is 0 Å². The van der Waals surface area contributed by atoms with E-state index in [4.69, 9.17) is 18.9 Å². The van der Waals surface area contributed by atoms with Gasteiger partial charge in [0.2, 0.25) is 0 Å². The van der Waals surface area contributed by atoms with E-state index in [9.17, 15) is 10.2 Å². The maximum absolute atomic E-state index is 10.4. The van der Waals surface area contributed by atoms with Crippen molar-refractivity contribution in [2.75, 3.05) is 66.7 Å². The third-order valence-electron chi connectivity index (χ3n) is 5.40. The molecule has 1 aliphatic heterocycles. The number of benzene rings is 2. The van der Waals surface area contributed by atoms with Crippen molar-refractivity contribution in [2.45, 2.75) is 12.2 Å². The summed E-state index contributed by atoms with van der Waals surface area (Å²) in [6, 6.07) is 14.8. The Morgan fingerprint density at radius 1 is 0.656 bits per heavy atom. The number of hydrogen-bond acceptors (Lipinski definition) is 8. The Balaban J connectivity index is 1.33. The predicted octanol–water partition coefficient (Wildman–Crippen LogP) is 1.50. The molecule has 0 spiro atoms. The van der Waals surface area contributed by atoms with Crippen molar-refractivity contribution in [1.29, 1.82) is 0 Å². The lowest BCUT2D eigenvalue weighted by atomic mass is 10.2. The van der Waals surface area contributed by atoms with Gasteiger partial charge in [-0.3, -0.25) is 9.80 Å². The van der Waals surface area contributed by atoms with Crippen LogP contribution in [0.3, 0.4) is 0 Å². The fraction of sp³-hybridized carbons (Fsp3) is 0.500. The normalized spacial score (nSPS) is 16.9. The lowest BCUT2D eigenvalue weighted by Crippen LogP contribution is -2.51. The molecular formula is C24H34N2O6. The summed E-state index contributed by atoms with van der Waals surface area (Å²) in [5.41, 5.74) is 0. The zero-order valence-corrected chi connectivity index (χ0v) is 18.9. The van der Waals surface area contributed by atoms with Crippen molar-refractivity contribution in [3.05, 3.63) is 48.5 Å². The molecule has 8 nitrogen and oxygen atoms in total. The van der Waals surface area contributed by atoms with Gasteiger partial charge in [-0.25, -0.2) is 0 Å². The minimum atomic E-state index is -0.591. The quantitative estimate of drug-likeness (QED) is 0.508. The maximum Gasteiger partial charge on any atom is 0.161 e. The van der Waals surface area contributed by atoms with Gasteiger partial charge in [0.1, 0.15) is 25.4 Å². The standard InChI is InChI=1S/C24H34N2O6/c1-29-21-7-3-5-9-23(21)31-17-19(27)15-25-11-13-26(14-12-25)16-20(28)18-32-24-10-6-4-8-22(24)30-2/h3-10,19-20,27-28H,11-18H2,1-2H3. The fourth-order valence-corrected chi connectivity index (χ4v) is 3.70. The monoisotopic (exact) mass is 446 g/mol. The van der Waals surface area contributed by atoms with Crippen LogP contribution >= 0.6 is 0 Å². The number of ether oxygens (including phenoxy) is 4. The van der Waals surface area contributed by atoms with Crippen LogP contribution in [0.15, 0.2) is 48.5 Å². The summed E-state index contributed by atoms with van der Waals surface area (Å²) >= 11 is 0. The summed E-state index contributed by atoms with van der Waals surface area (Å²) in [6.45, 7) is 4.80. The van der Waals surface area contributed by atoms with Crippen LogP contribution in [-0.2, 0) is 0 Å². The van der Waals surface area contributed by atoms with Crippen molar-refractivity contribution >= 4 is 0 Å². The van der Waals surface area contributed by atoms with Crippen molar-refractivity contribution in [3.8, 4) is 23.0 Å². The summed E-state index contributed by atoms with van der Waals surface area (Å²) in [7, 11) is 3.19. The SMILES string of the molecule is COc1ccccc1OCC(O)CN1CCN(CC(O)COc2ccccc2OC)CC1. The molecule has 2 N–H and O–H groups in total. The highest BCUT2D eigenvalue weighted by atomic mass is 16.5. The van der Waals surface area contributed by atoms with E-state index < -0.39 is 12.2 Å². The van der Waals surface area contributed by atoms with Crippen molar-refractivity contribution in [2.24, 2.45) is 0 Å². The molecule has 176 valence electrons. The summed E-state index contributed by atoms with van der Waals surface area (Å²) in [5.74, 6) is 2.56. The lowest BCUT2D eigenvalue weighted by Gasteiger charge is -2.36. The third kappa shape index (κ3) is 7.27. The van der Waals surface area contributed by atoms with Gasteiger partial charge in [0, 0.05) is 39.3 Å². The highest BCUT2D eigenvalue weighted by Gasteiger charge is 2.22. The molecule has 1 heterocycles. The number of hydrogen-bond donors (Lipinski definition) is 2. The fourth-order valence-electron chi connectivity index (χ4n) is 3.70. The predicted molar refractivity (Wildman–Crippen MR) is 122 cm³/mol. The highest BCUT2D eigenvalue weighted by molar-refractivity contribution is 5.40. The average molecular weight is 447 g/mol. The van der Waals surface area contributed by atoms with Crippen LogP contribution in [0.25, 0.3) is 0 Å². The van der Waals surface area contributed by atoms with Crippen molar-refractivity contribution in [1.82, 2.24) is 9.80 Å². The number of rotatable bonds is 12. The Bertz CT molecular complexity index is 745. The Kier molecular flexibility index (Phi) is 9.43. The number of methoxy groups -OCH3 is 2. The van der Waals surface area contributed by atoms with Gasteiger partial charge in [-0.2, -0.15) is 0 Å². The van der Waals surface area contributed by atoms with E-state index in [-0.39, 0.29) is 13.2 Å².